The number of aromatic amines is 1. The molecule has 7 nitrogen and oxygen atoms in total. The molecule has 104 valence electrons. The van der Waals surface area contributed by atoms with E-state index in [0.29, 0.717) is 17.0 Å². The molecular weight excluding hydrogens is 280 g/mol. The van der Waals surface area contributed by atoms with E-state index in [0.717, 1.165) is 0 Å². The van der Waals surface area contributed by atoms with Gasteiger partial charge in [0.25, 0.3) is 10.7 Å². The number of carbonyl (C=O) groups is 2. The average molecular weight is 292 g/mol. The second kappa shape index (κ2) is 6.11. The van der Waals surface area contributed by atoms with Crippen LogP contribution >= 0.6 is 12.2 Å². The van der Waals surface area contributed by atoms with Gasteiger partial charge in [-0.15, -0.1) is 5.10 Å². The first-order valence-corrected chi connectivity index (χ1v) is 6.15. The van der Waals surface area contributed by atoms with Crippen molar-refractivity contribution >= 4 is 24.0 Å². The molecule has 0 fully saturated rings. The number of rotatable bonds is 4. The van der Waals surface area contributed by atoms with Gasteiger partial charge in [-0.3, -0.25) is 9.59 Å². The fourth-order valence-corrected chi connectivity index (χ4v) is 1.59. The normalized spacial score (nSPS) is 10.1. The van der Waals surface area contributed by atoms with E-state index < -0.39 is 0 Å². The highest BCUT2D eigenvalue weighted by Gasteiger charge is 2.09. The Bertz CT molecular complexity index is 675. The molecule has 0 unspecified atom stereocenters. The van der Waals surface area contributed by atoms with E-state index in [1.807, 2.05) is 0 Å². The Morgan fingerprint density at radius 2 is 2.05 bits per heavy atom. The monoisotopic (exact) mass is 292 g/mol. The predicted molar refractivity (Wildman–Crippen MR) is 73.5 cm³/mol. The first-order chi connectivity index (χ1) is 9.60. The molecule has 1 heterocycles. The number of hydrogen-bond acceptors (Lipinski definition) is 5. The smallest absolute Gasteiger partial charge is 0.284 e. The van der Waals surface area contributed by atoms with E-state index in [-0.39, 0.29) is 23.2 Å². The van der Waals surface area contributed by atoms with Gasteiger partial charge in [0.05, 0.1) is 6.54 Å². The van der Waals surface area contributed by atoms with E-state index >= 15 is 0 Å². The minimum atomic E-state index is -0.330. The number of nitrogens with zero attached hydrogens (tertiary/aromatic N) is 1. The number of likely N-dealkylation sites (N-methyl/N-ethyl adjacent to an activating group) is 1. The molecule has 2 aromatic rings. The summed E-state index contributed by atoms with van der Waals surface area (Å²) in [4.78, 5) is 23.0. The van der Waals surface area contributed by atoms with Crippen molar-refractivity contribution in [1.82, 2.24) is 20.8 Å². The molecule has 0 aliphatic rings. The zero-order chi connectivity index (χ0) is 14.5. The molecule has 0 spiro atoms. The van der Waals surface area contributed by atoms with Crippen LogP contribution in [-0.2, 0) is 4.79 Å². The van der Waals surface area contributed by atoms with Gasteiger partial charge < -0.3 is 15.1 Å². The number of aromatic nitrogens is 2. The van der Waals surface area contributed by atoms with Crippen molar-refractivity contribution in [2.75, 3.05) is 13.6 Å². The summed E-state index contributed by atoms with van der Waals surface area (Å²) >= 11 is 4.78. The molecule has 1 aromatic carbocycles. The number of amides is 2. The van der Waals surface area contributed by atoms with Crippen molar-refractivity contribution in [2.24, 2.45) is 0 Å². The van der Waals surface area contributed by atoms with E-state index in [1.165, 1.54) is 7.05 Å². The largest absolute Gasteiger partial charge is 0.409 e. The third-order valence-electron chi connectivity index (χ3n) is 2.52. The molecule has 2 rings (SSSR count). The number of hydrogen-bond donors (Lipinski definition) is 3. The fraction of sp³-hybridized carbons (Fsp3) is 0.167. The highest BCUT2D eigenvalue weighted by atomic mass is 32.1. The van der Waals surface area contributed by atoms with Crippen LogP contribution in [0.2, 0.25) is 0 Å². The summed E-state index contributed by atoms with van der Waals surface area (Å²) in [5.74, 6) is -0.237. The summed E-state index contributed by atoms with van der Waals surface area (Å²) in [5, 5.41) is 11.3. The van der Waals surface area contributed by atoms with Gasteiger partial charge in [0.15, 0.2) is 0 Å². The zero-order valence-electron chi connectivity index (χ0n) is 10.6. The predicted octanol–water partition coefficient (Wildman–Crippen LogP) is 0.875. The molecule has 0 bridgehead atoms. The van der Waals surface area contributed by atoms with Crippen molar-refractivity contribution in [1.29, 1.82) is 0 Å². The minimum absolute atomic E-state index is 0.0644. The maximum Gasteiger partial charge on any atom is 0.284 e. The van der Waals surface area contributed by atoms with Crippen LogP contribution in [0.25, 0.3) is 11.5 Å². The lowest BCUT2D eigenvalue weighted by Crippen LogP contribution is -2.35. The molecule has 0 saturated heterocycles. The molecular formula is C12H12N4O3S. The van der Waals surface area contributed by atoms with Gasteiger partial charge in [-0.25, -0.2) is 5.10 Å². The first kappa shape index (κ1) is 13.9. The molecule has 0 aliphatic carbocycles. The summed E-state index contributed by atoms with van der Waals surface area (Å²) in [6.45, 7) is -0.0644. The Balaban J connectivity index is 2.06. The van der Waals surface area contributed by atoms with Gasteiger partial charge in [0.2, 0.25) is 11.8 Å². The molecule has 8 heteroatoms. The molecule has 3 N–H and O–H groups in total. The molecule has 0 radical (unpaired) electrons. The van der Waals surface area contributed by atoms with Gasteiger partial charge in [-0.1, -0.05) is 0 Å². The van der Waals surface area contributed by atoms with Crippen molar-refractivity contribution in [2.45, 2.75) is 0 Å². The summed E-state index contributed by atoms with van der Waals surface area (Å²) < 4.78 is 5.16. The minimum Gasteiger partial charge on any atom is -0.409 e. The summed E-state index contributed by atoms with van der Waals surface area (Å²) in [7, 11) is 1.50. The quantitative estimate of drug-likeness (QED) is 0.726. The van der Waals surface area contributed by atoms with Gasteiger partial charge in [0.1, 0.15) is 0 Å². The summed E-state index contributed by atoms with van der Waals surface area (Å²) in [5.41, 5.74) is 1.13. The fourth-order valence-electron chi connectivity index (χ4n) is 1.47. The molecule has 2 amide bonds. The second-order valence-electron chi connectivity index (χ2n) is 3.85. The molecule has 1 aromatic heterocycles. The third-order valence-corrected chi connectivity index (χ3v) is 2.70. The van der Waals surface area contributed by atoms with Gasteiger partial charge in [0, 0.05) is 18.2 Å². The maximum atomic E-state index is 11.8. The average Bonchev–Trinajstić information content (AvgIpc) is 2.91. The Morgan fingerprint density at radius 1 is 1.35 bits per heavy atom. The van der Waals surface area contributed by atoms with E-state index in [9.17, 15) is 9.59 Å². The lowest BCUT2D eigenvalue weighted by atomic mass is 10.1. The van der Waals surface area contributed by atoms with Crippen LogP contribution in [0.15, 0.2) is 28.7 Å². The van der Waals surface area contributed by atoms with Crippen molar-refractivity contribution in [3.05, 3.63) is 34.7 Å². The van der Waals surface area contributed by atoms with Gasteiger partial charge >= 0.3 is 0 Å². The van der Waals surface area contributed by atoms with Crippen molar-refractivity contribution < 1.29 is 14.0 Å². The van der Waals surface area contributed by atoms with Crippen molar-refractivity contribution in [3.63, 3.8) is 0 Å². The van der Waals surface area contributed by atoms with Crippen LogP contribution in [-0.4, -0.2) is 35.6 Å². The third kappa shape index (κ3) is 3.29. The lowest BCUT2D eigenvalue weighted by Gasteiger charge is -2.04. The molecule has 0 aliphatic heterocycles. The van der Waals surface area contributed by atoms with E-state index in [4.69, 9.17) is 16.6 Å². The van der Waals surface area contributed by atoms with Crippen LogP contribution in [0.1, 0.15) is 10.4 Å². The summed E-state index contributed by atoms with van der Waals surface area (Å²) in [6, 6.07) is 6.59. The Kier molecular flexibility index (Phi) is 4.26. The van der Waals surface area contributed by atoms with Gasteiger partial charge in [-0.2, -0.15) is 0 Å². The van der Waals surface area contributed by atoms with Crippen LogP contribution in [0.5, 0.6) is 0 Å². The molecule has 20 heavy (non-hydrogen) atoms. The Labute approximate surface area is 119 Å². The maximum absolute atomic E-state index is 11.8. The molecule has 0 atom stereocenters. The van der Waals surface area contributed by atoms with Gasteiger partial charge in [-0.05, 0) is 36.5 Å². The first-order valence-electron chi connectivity index (χ1n) is 5.75. The SMILES string of the molecule is CNC(=O)CNC(=O)c1ccc(-c2n[nH]c(=S)o2)cc1. The van der Waals surface area contributed by atoms with Crippen LogP contribution in [0.4, 0.5) is 0 Å². The molecule has 0 saturated carbocycles. The second-order valence-corrected chi connectivity index (χ2v) is 4.22. The lowest BCUT2D eigenvalue weighted by molar-refractivity contribution is -0.119. The van der Waals surface area contributed by atoms with Crippen molar-refractivity contribution in [3.8, 4) is 11.5 Å². The Morgan fingerprint density at radius 3 is 2.60 bits per heavy atom. The number of carbonyl (C=O) groups excluding carboxylic acids is 2. The van der Waals surface area contributed by atoms with E-state index in [1.54, 1.807) is 24.3 Å². The topological polar surface area (TPSA) is 100 Å². The zero-order valence-corrected chi connectivity index (χ0v) is 11.4. The number of nitrogens with one attached hydrogen (secondary N) is 3. The standard InChI is InChI=1S/C12H12N4O3S/c1-13-9(17)6-14-10(18)7-2-4-8(5-3-7)11-15-16-12(20)19-11/h2-5H,6H2,1H3,(H,13,17)(H,14,18)(H,16,20). The Hall–Kier alpha value is -2.48. The highest BCUT2D eigenvalue weighted by molar-refractivity contribution is 7.71. The van der Waals surface area contributed by atoms with Crippen LogP contribution in [0.3, 0.4) is 0 Å². The van der Waals surface area contributed by atoms with Crippen LogP contribution in [0, 0.1) is 4.84 Å². The number of benzene rings is 1. The van der Waals surface area contributed by atoms with Crippen LogP contribution < -0.4 is 10.6 Å². The summed E-state index contributed by atoms with van der Waals surface area (Å²) in [6.07, 6.45) is 0. The number of H-pyrrole nitrogens is 1. The van der Waals surface area contributed by atoms with E-state index in [2.05, 4.69) is 20.8 Å². The highest BCUT2D eigenvalue weighted by Crippen LogP contribution is 2.17.